The van der Waals surface area contributed by atoms with Crippen LogP contribution in [-0.2, 0) is 20.7 Å². The van der Waals surface area contributed by atoms with Crippen LogP contribution in [0.5, 0.6) is 0 Å². The Hall–Kier alpha value is -1.81. The summed E-state index contributed by atoms with van der Waals surface area (Å²) in [5, 5.41) is 1.18. The number of H-pyrrole nitrogens is 1. The average molecular weight is 273 g/mol. The van der Waals surface area contributed by atoms with Crippen molar-refractivity contribution in [2.24, 2.45) is 0 Å². The Bertz CT molecular complexity index is 584. The molecule has 20 heavy (non-hydrogen) atoms. The van der Waals surface area contributed by atoms with E-state index in [1.807, 2.05) is 24.4 Å². The summed E-state index contributed by atoms with van der Waals surface area (Å²) in [6.07, 6.45) is 5.25. The smallest absolute Gasteiger partial charge is 0.306 e. The summed E-state index contributed by atoms with van der Waals surface area (Å²) >= 11 is 0. The van der Waals surface area contributed by atoms with Gasteiger partial charge in [-0.25, -0.2) is 0 Å². The molecule has 0 aliphatic carbocycles. The van der Waals surface area contributed by atoms with Crippen molar-refractivity contribution in [3.8, 4) is 0 Å². The summed E-state index contributed by atoms with van der Waals surface area (Å²) in [5.41, 5.74) is 2.27. The molecular weight excluding hydrogens is 254 g/mol. The number of carbonyl (C=O) groups excluding carboxylic acids is 1. The van der Waals surface area contributed by atoms with E-state index < -0.39 is 0 Å². The first kappa shape index (κ1) is 13.2. The molecule has 1 aromatic heterocycles. The quantitative estimate of drug-likeness (QED) is 0.852. The maximum atomic E-state index is 11.7. The first-order chi connectivity index (χ1) is 9.83. The van der Waals surface area contributed by atoms with Crippen LogP contribution in [0, 0.1) is 0 Å². The number of carbonyl (C=O) groups is 1. The van der Waals surface area contributed by atoms with Crippen LogP contribution in [-0.4, -0.2) is 30.3 Å². The lowest BCUT2D eigenvalue weighted by Gasteiger charge is -2.09. The van der Waals surface area contributed by atoms with Crippen LogP contribution < -0.4 is 0 Å². The Morgan fingerprint density at radius 1 is 1.40 bits per heavy atom. The molecule has 1 fully saturated rings. The molecule has 1 N–H and O–H groups in total. The zero-order valence-corrected chi connectivity index (χ0v) is 11.4. The Morgan fingerprint density at radius 3 is 3.15 bits per heavy atom. The highest BCUT2D eigenvalue weighted by atomic mass is 16.6. The Morgan fingerprint density at radius 2 is 2.30 bits per heavy atom. The van der Waals surface area contributed by atoms with Crippen LogP contribution in [0.25, 0.3) is 10.9 Å². The fraction of sp³-hybridized carbons (Fsp3) is 0.438. The molecule has 0 saturated carbocycles. The highest BCUT2D eigenvalue weighted by Crippen LogP contribution is 2.19. The van der Waals surface area contributed by atoms with Crippen molar-refractivity contribution in [1.82, 2.24) is 4.98 Å². The topological polar surface area (TPSA) is 51.3 Å². The molecule has 4 nitrogen and oxygen atoms in total. The minimum absolute atomic E-state index is 0.104. The van der Waals surface area contributed by atoms with Gasteiger partial charge in [-0.3, -0.25) is 4.79 Å². The second kappa shape index (κ2) is 6.09. The van der Waals surface area contributed by atoms with Crippen LogP contribution in [0.15, 0.2) is 30.5 Å². The zero-order valence-electron chi connectivity index (χ0n) is 11.4. The molecule has 2 heterocycles. The maximum absolute atomic E-state index is 11.7. The standard InChI is InChI=1S/C16H19NO3/c18-16(20-11-13-4-3-9-19-13)8-7-12-10-17-15-6-2-1-5-14(12)15/h1-2,5-6,10,13,17H,3-4,7-9,11H2/t13-/m1/s1. The summed E-state index contributed by atoms with van der Waals surface area (Å²) in [7, 11) is 0. The summed E-state index contributed by atoms with van der Waals surface area (Å²) in [4.78, 5) is 15.0. The number of rotatable bonds is 5. The number of aryl methyl sites for hydroxylation is 1. The molecule has 0 unspecified atom stereocenters. The number of aromatic nitrogens is 1. The minimum Gasteiger partial charge on any atom is -0.463 e. The maximum Gasteiger partial charge on any atom is 0.306 e. The van der Waals surface area contributed by atoms with Gasteiger partial charge in [0.05, 0.1) is 6.10 Å². The summed E-state index contributed by atoms with van der Waals surface area (Å²) in [5.74, 6) is -0.147. The predicted octanol–water partition coefficient (Wildman–Crippen LogP) is 2.82. The van der Waals surface area contributed by atoms with E-state index in [0.717, 1.165) is 30.5 Å². The van der Waals surface area contributed by atoms with E-state index in [-0.39, 0.29) is 12.1 Å². The van der Waals surface area contributed by atoms with Gasteiger partial charge in [0.15, 0.2) is 0 Å². The van der Waals surface area contributed by atoms with Crippen molar-refractivity contribution in [3.63, 3.8) is 0 Å². The fourth-order valence-electron chi connectivity index (χ4n) is 2.61. The second-order valence-electron chi connectivity index (χ2n) is 5.18. The molecule has 1 atom stereocenters. The molecule has 2 aromatic rings. The molecule has 0 radical (unpaired) electrons. The minimum atomic E-state index is -0.147. The number of esters is 1. The molecule has 4 heteroatoms. The van der Waals surface area contributed by atoms with Gasteiger partial charge in [0, 0.05) is 30.1 Å². The average Bonchev–Trinajstić information content (AvgIpc) is 3.12. The molecule has 1 aliphatic rings. The third-order valence-electron chi connectivity index (χ3n) is 3.73. The largest absolute Gasteiger partial charge is 0.463 e. The number of fused-ring (bicyclic) bond motifs is 1. The van der Waals surface area contributed by atoms with Crippen LogP contribution in [0.4, 0.5) is 0 Å². The molecule has 3 rings (SSSR count). The van der Waals surface area contributed by atoms with Crippen molar-refractivity contribution >= 4 is 16.9 Å². The van der Waals surface area contributed by atoms with Crippen LogP contribution in [0.2, 0.25) is 0 Å². The molecule has 1 aliphatic heterocycles. The van der Waals surface area contributed by atoms with Crippen molar-refractivity contribution < 1.29 is 14.3 Å². The van der Waals surface area contributed by atoms with Gasteiger partial charge in [-0.05, 0) is 30.9 Å². The highest BCUT2D eigenvalue weighted by Gasteiger charge is 2.17. The summed E-state index contributed by atoms with van der Waals surface area (Å²) in [6.45, 7) is 1.18. The lowest BCUT2D eigenvalue weighted by Crippen LogP contribution is -2.17. The molecular formula is C16H19NO3. The number of aromatic amines is 1. The van der Waals surface area contributed by atoms with Crippen molar-refractivity contribution in [2.75, 3.05) is 13.2 Å². The van der Waals surface area contributed by atoms with E-state index >= 15 is 0 Å². The van der Waals surface area contributed by atoms with Gasteiger partial charge >= 0.3 is 5.97 Å². The Labute approximate surface area is 118 Å². The lowest BCUT2D eigenvalue weighted by atomic mass is 10.1. The van der Waals surface area contributed by atoms with Gasteiger partial charge < -0.3 is 14.5 Å². The van der Waals surface area contributed by atoms with E-state index in [1.165, 1.54) is 5.39 Å². The summed E-state index contributed by atoms with van der Waals surface area (Å²) in [6, 6.07) is 8.11. The van der Waals surface area contributed by atoms with E-state index in [0.29, 0.717) is 19.4 Å². The number of hydrogen-bond acceptors (Lipinski definition) is 3. The van der Waals surface area contributed by atoms with Crippen molar-refractivity contribution in [3.05, 3.63) is 36.0 Å². The van der Waals surface area contributed by atoms with Crippen LogP contribution in [0.3, 0.4) is 0 Å². The number of benzene rings is 1. The molecule has 1 aromatic carbocycles. The zero-order chi connectivity index (χ0) is 13.8. The number of ether oxygens (including phenoxy) is 2. The molecule has 0 bridgehead atoms. The van der Waals surface area contributed by atoms with Crippen molar-refractivity contribution in [2.45, 2.75) is 31.8 Å². The first-order valence-electron chi connectivity index (χ1n) is 7.15. The molecule has 106 valence electrons. The van der Waals surface area contributed by atoms with Gasteiger partial charge in [-0.2, -0.15) is 0 Å². The van der Waals surface area contributed by atoms with E-state index in [2.05, 4.69) is 11.1 Å². The molecule has 0 spiro atoms. The predicted molar refractivity (Wildman–Crippen MR) is 76.6 cm³/mol. The Balaban J connectivity index is 1.49. The second-order valence-corrected chi connectivity index (χ2v) is 5.18. The SMILES string of the molecule is O=C(CCc1c[nH]c2ccccc12)OC[C@H]1CCCO1. The van der Waals surface area contributed by atoms with Crippen LogP contribution in [0.1, 0.15) is 24.8 Å². The van der Waals surface area contributed by atoms with Gasteiger partial charge in [-0.1, -0.05) is 18.2 Å². The van der Waals surface area contributed by atoms with Gasteiger partial charge in [0.2, 0.25) is 0 Å². The third-order valence-corrected chi connectivity index (χ3v) is 3.73. The van der Waals surface area contributed by atoms with Gasteiger partial charge in [0.25, 0.3) is 0 Å². The lowest BCUT2D eigenvalue weighted by molar-refractivity contribution is -0.146. The van der Waals surface area contributed by atoms with Gasteiger partial charge in [-0.15, -0.1) is 0 Å². The Kier molecular flexibility index (Phi) is 4.02. The molecule has 1 saturated heterocycles. The van der Waals surface area contributed by atoms with Crippen LogP contribution >= 0.6 is 0 Å². The monoisotopic (exact) mass is 273 g/mol. The van der Waals surface area contributed by atoms with Gasteiger partial charge in [0.1, 0.15) is 6.61 Å². The highest BCUT2D eigenvalue weighted by molar-refractivity contribution is 5.83. The fourth-order valence-corrected chi connectivity index (χ4v) is 2.61. The van der Waals surface area contributed by atoms with Crippen molar-refractivity contribution in [1.29, 1.82) is 0 Å². The summed E-state index contributed by atoms with van der Waals surface area (Å²) < 4.78 is 10.7. The number of para-hydroxylation sites is 1. The third kappa shape index (κ3) is 3.02. The normalized spacial score (nSPS) is 18.5. The number of hydrogen-bond donors (Lipinski definition) is 1. The van der Waals surface area contributed by atoms with E-state index in [9.17, 15) is 4.79 Å². The number of nitrogens with one attached hydrogen (secondary N) is 1. The van der Waals surface area contributed by atoms with E-state index in [1.54, 1.807) is 0 Å². The van der Waals surface area contributed by atoms with E-state index in [4.69, 9.17) is 9.47 Å². The molecule has 0 amide bonds. The first-order valence-corrected chi connectivity index (χ1v) is 7.15.